The lowest BCUT2D eigenvalue weighted by Crippen LogP contribution is -1.86. The Bertz CT molecular complexity index is 458. The third-order valence-electron chi connectivity index (χ3n) is 2.18. The molecule has 0 spiro atoms. The molecule has 2 rings (SSSR count). The van der Waals surface area contributed by atoms with Crippen LogP contribution in [0, 0.1) is 0 Å². The van der Waals surface area contributed by atoms with Gasteiger partial charge < -0.3 is 5.73 Å². The summed E-state index contributed by atoms with van der Waals surface area (Å²) in [4.78, 5) is 0. The normalized spacial score (nSPS) is 10.2. The molecule has 0 saturated carbocycles. The van der Waals surface area contributed by atoms with Crippen molar-refractivity contribution >= 4 is 22.5 Å². The topological polar surface area (TPSA) is 26.0 Å². The quantitative estimate of drug-likeness (QED) is 0.652. The van der Waals surface area contributed by atoms with E-state index in [2.05, 4.69) is 24.8 Å². The van der Waals surface area contributed by atoms with Crippen LogP contribution in [0.1, 0.15) is 5.56 Å². The van der Waals surface area contributed by atoms with Crippen LogP contribution in [0.5, 0.6) is 0 Å². The van der Waals surface area contributed by atoms with Crippen LogP contribution in [-0.2, 0) is 0 Å². The minimum absolute atomic E-state index is 0.821. The molecule has 0 fully saturated rings. The van der Waals surface area contributed by atoms with E-state index in [0.717, 1.165) is 16.6 Å². The second-order valence-corrected chi connectivity index (χ2v) is 3.03. The second kappa shape index (κ2) is 2.94. The van der Waals surface area contributed by atoms with E-state index in [1.807, 2.05) is 24.3 Å². The van der Waals surface area contributed by atoms with Crippen molar-refractivity contribution < 1.29 is 0 Å². The molecule has 0 radical (unpaired) electrons. The fourth-order valence-electron chi connectivity index (χ4n) is 1.44. The van der Waals surface area contributed by atoms with E-state index in [1.54, 1.807) is 0 Å². The zero-order valence-electron chi connectivity index (χ0n) is 7.33. The van der Waals surface area contributed by atoms with Gasteiger partial charge in [-0.05, 0) is 23.1 Å². The van der Waals surface area contributed by atoms with Crippen LogP contribution in [-0.4, -0.2) is 0 Å². The van der Waals surface area contributed by atoms with Gasteiger partial charge in [-0.2, -0.15) is 0 Å². The molecule has 2 aromatic carbocycles. The minimum Gasteiger partial charge on any atom is -0.398 e. The maximum Gasteiger partial charge on any atom is 0.0393 e. The summed E-state index contributed by atoms with van der Waals surface area (Å²) in [6.07, 6.45) is 1.83. The lowest BCUT2D eigenvalue weighted by atomic mass is 10.1. The summed E-state index contributed by atoms with van der Waals surface area (Å²) < 4.78 is 0. The van der Waals surface area contributed by atoms with Gasteiger partial charge in [-0.3, -0.25) is 0 Å². The average molecular weight is 169 g/mol. The van der Waals surface area contributed by atoms with E-state index in [-0.39, 0.29) is 0 Å². The fourth-order valence-corrected chi connectivity index (χ4v) is 1.44. The average Bonchev–Trinajstić information content (AvgIpc) is 2.18. The van der Waals surface area contributed by atoms with Gasteiger partial charge in [0.05, 0.1) is 0 Å². The lowest BCUT2D eigenvalue weighted by molar-refractivity contribution is 1.70. The van der Waals surface area contributed by atoms with Gasteiger partial charge in [0.1, 0.15) is 0 Å². The Kier molecular flexibility index (Phi) is 1.78. The molecule has 0 bridgehead atoms. The molecule has 64 valence electrons. The molecule has 0 atom stereocenters. The van der Waals surface area contributed by atoms with Crippen LogP contribution in [0.15, 0.2) is 43.0 Å². The van der Waals surface area contributed by atoms with Gasteiger partial charge in [-0.1, -0.05) is 36.9 Å². The Morgan fingerprint density at radius 1 is 1.15 bits per heavy atom. The van der Waals surface area contributed by atoms with Gasteiger partial charge in [0.15, 0.2) is 0 Å². The van der Waals surface area contributed by atoms with E-state index >= 15 is 0 Å². The lowest BCUT2D eigenvalue weighted by Gasteiger charge is -2.02. The first-order valence-electron chi connectivity index (χ1n) is 4.22. The maximum absolute atomic E-state index is 5.85. The molecule has 0 aliphatic heterocycles. The molecule has 0 unspecified atom stereocenters. The van der Waals surface area contributed by atoms with Crippen LogP contribution in [0.2, 0.25) is 0 Å². The zero-order chi connectivity index (χ0) is 9.26. The van der Waals surface area contributed by atoms with E-state index in [4.69, 9.17) is 5.73 Å². The van der Waals surface area contributed by atoms with Crippen LogP contribution in [0.4, 0.5) is 5.69 Å². The molecule has 1 heteroatoms. The summed E-state index contributed by atoms with van der Waals surface area (Å²) in [5.41, 5.74) is 7.77. The highest BCUT2D eigenvalue weighted by molar-refractivity contribution is 5.94. The van der Waals surface area contributed by atoms with Crippen molar-refractivity contribution in [3.8, 4) is 0 Å². The number of nitrogen functional groups attached to an aromatic ring is 1. The van der Waals surface area contributed by atoms with Crippen molar-refractivity contribution in [1.82, 2.24) is 0 Å². The first kappa shape index (κ1) is 7.87. The highest BCUT2D eigenvalue weighted by Crippen LogP contribution is 2.22. The van der Waals surface area contributed by atoms with E-state index in [0.29, 0.717) is 0 Å². The van der Waals surface area contributed by atoms with Crippen molar-refractivity contribution in [2.45, 2.75) is 0 Å². The summed E-state index contributed by atoms with van der Waals surface area (Å²) >= 11 is 0. The summed E-state index contributed by atoms with van der Waals surface area (Å²) in [6, 6.07) is 12.1. The summed E-state index contributed by atoms with van der Waals surface area (Å²) in [6.45, 7) is 3.73. The van der Waals surface area contributed by atoms with Gasteiger partial charge in [0, 0.05) is 11.1 Å². The fraction of sp³-hybridized carbons (Fsp3) is 0. The Labute approximate surface area is 77.5 Å². The predicted molar refractivity (Wildman–Crippen MR) is 58.5 cm³/mol. The largest absolute Gasteiger partial charge is 0.398 e. The van der Waals surface area contributed by atoms with Crippen LogP contribution in [0.25, 0.3) is 16.8 Å². The predicted octanol–water partition coefficient (Wildman–Crippen LogP) is 3.07. The molecule has 2 aromatic rings. The molecule has 0 amide bonds. The van der Waals surface area contributed by atoms with Gasteiger partial charge in [-0.25, -0.2) is 0 Å². The molecule has 0 aliphatic carbocycles. The highest BCUT2D eigenvalue weighted by atomic mass is 14.5. The summed E-state index contributed by atoms with van der Waals surface area (Å²) in [5.74, 6) is 0. The number of hydrogen-bond donors (Lipinski definition) is 1. The number of rotatable bonds is 1. The van der Waals surface area contributed by atoms with Crippen molar-refractivity contribution in [2.75, 3.05) is 5.73 Å². The first-order chi connectivity index (χ1) is 6.31. The SMILES string of the molecule is C=Cc1ccc2cccc(N)c2c1. The Balaban J connectivity index is 2.81. The number of nitrogens with two attached hydrogens (primary N) is 1. The standard InChI is InChI=1S/C12H11N/c1-2-9-6-7-10-4-3-5-12(13)11(10)8-9/h2-8H,1,13H2. The first-order valence-corrected chi connectivity index (χ1v) is 4.22. The highest BCUT2D eigenvalue weighted by Gasteiger charge is 1.96. The van der Waals surface area contributed by atoms with Crippen molar-refractivity contribution in [1.29, 1.82) is 0 Å². The molecule has 1 nitrogen and oxygen atoms in total. The van der Waals surface area contributed by atoms with Crippen molar-refractivity contribution in [3.05, 3.63) is 48.5 Å². The molecular formula is C12H11N. The molecule has 0 saturated heterocycles. The van der Waals surface area contributed by atoms with E-state index < -0.39 is 0 Å². The van der Waals surface area contributed by atoms with Crippen LogP contribution in [0.3, 0.4) is 0 Å². The van der Waals surface area contributed by atoms with E-state index in [9.17, 15) is 0 Å². The monoisotopic (exact) mass is 169 g/mol. The number of benzene rings is 2. The number of anilines is 1. The zero-order valence-corrected chi connectivity index (χ0v) is 7.33. The van der Waals surface area contributed by atoms with Crippen molar-refractivity contribution in [2.24, 2.45) is 0 Å². The van der Waals surface area contributed by atoms with Crippen LogP contribution >= 0.6 is 0 Å². The molecule has 0 heterocycles. The summed E-state index contributed by atoms with van der Waals surface area (Å²) in [7, 11) is 0. The number of fused-ring (bicyclic) bond motifs is 1. The third-order valence-corrected chi connectivity index (χ3v) is 2.18. The molecule has 2 N–H and O–H groups in total. The molecular weight excluding hydrogens is 158 g/mol. The summed E-state index contributed by atoms with van der Waals surface area (Å²) in [5, 5.41) is 2.27. The number of hydrogen-bond acceptors (Lipinski definition) is 1. The minimum atomic E-state index is 0.821. The Hall–Kier alpha value is -1.76. The molecule has 13 heavy (non-hydrogen) atoms. The molecule has 0 aliphatic rings. The van der Waals surface area contributed by atoms with Crippen molar-refractivity contribution in [3.63, 3.8) is 0 Å². The maximum atomic E-state index is 5.85. The Morgan fingerprint density at radius 2 is 2.00 bits per heavy atom. The van der Waals surface area contributed by atoms with Gasteiger partial charge in [-0.15, -0.1) is 0 Å². The smallest absolute Gasteiger partial charge is 0.0393 e. The van der Waals surface area contributed by atoms with Gasteiger partial charge >= 0.3 is 0 Å². The second-order valence-electron chi connectivity index (χ2n) is 3.03. The van der Waals surface area contributed by atoms with Gasteiger partial charge in [0.25, 0.3) is 0 Å². The van der Waals surface area contributed by atoms with Gasteiger partial charge in [0.2, 0.25) is 0 Å². The van der Waals surface area contributed by atoms with E-state index in [1.165, 1.54) is 5.39 Å². The van der Waals surface area contributed by atoms with Crippen LogP contribution < -0.4 is 5.73 Å². The Morgan fingerprint density at radius 3 is 2.77 bits per heavy atom. The molecule has 0 aromatic heterocycles. The third kappa shape index (κ3) is 1.29.